The van der Waals surface area contributed by atoms with Crippen LogP contribution in [-0.4, -0.2) is 49.3 Å². The molecule has 0 saturated carbocycles. The summed E-state index contributed by atoms with van der Waals surface area (Å²) in [6.45, 7) is 5.46. The molecule has 6 nitrogen and oxygen atoms in total. The van der Waals surface area contributed by atoms with E-state index < -0.39 is 0 Å². The summed E-state index contributed by atoms with van der Waals surface area (Å²) in [7, 11) is 0. The molecule has 25 heavy (non-hydrogen) atoms. The fourth-order valence-electron chi connectivity index (χ4n) is 4.43. The van der Waals surface area contributed by atoms with Crippen LogP contribution in [0.15, 0.2) is 24.3 Å². The molecule has 6 heteroatoms. The SMILES string of the molecule is CC(NC(=O)N1CCCCC1C1CNNC1)C1COc2ccccc21. The third-order valence-electron chi connectivity index (χ3n) is 5.90. The van der Waals surface area contributed by atoms with Crippen molar-refractivity contribution in [2.24, 2.45) is 5.92 Å². The van der Waals surface area contributed by atoms with E-state index in [-0.39, 0.29) is 18.0 Å². The predicted molar refractivity (Wildman–Crippen MR) is 96.5 cm³/mol. The molecule has 3 heterocycles. The zero-order valence-corrected chi connectivity index (χ0v) is 14.8. The Kier molecular flexibility index (Phi) is 4.81. The molecular formula is C19H28N4O2. The van der Waals surface area contributed by atoms with Gasteiger partial charge in [0.2, 0.25) is 0 Å². The maximum Gasteiger partial charge on any atom is 0.317 e. The number of piperidine rings is 1. The zero-order valence-electron chi connectivity index (χ0n) is 14.8. The Morgan fingerprint density at radius 3 is 2.92 bits per heavy atom. The van der Waals surface area contributed by atoms with E-state index in [0.29, 0.717) is 18.6 Å². The highest BCUT2D eigenvalue weighted by Crippen LogP contribution is 2.35. The molecule has 0 bridgehead atoms. The minimum atomic E-state index is 0.0542. The van der Waals surface area contributed by atoms with Crippen molar-refractivity contribution in [2.45, 2.75) is 44.2 Å². The highest BCUT2D eigenvalue weighted by molar-refractivity contribution is 5.75. The summed E-state index contributed by atoms with van der Waals surface area (Å²) in [5.41, 5.74) is 7.60. The summed E-state index contributed by atoms with van der Waals surface area (Å²) < 4.78 is 5.78. The van der Waals surface area contributed by atoms with E-state index in [0.717, 1.165) is 38.2 Å². The highest BCUT2D eigenvalue weighted by atomic mass is 16.5. The van der Waals surface area contributed by atoms with Crippen LogP contribution < -0.4 is 20.9 Å². The Morgan fingerprint density at radius 1 is 1.28 bits per heavy atom. The van der Waals surface area contributed by atoms with Crippen LogP contribution in [0.4, 0.5) is 4.79 Å². The lowest BCUT2D eigenvalue weighted by molar-refractivity contribution is 0.122. The van der Waals surface area contributed by atoms with Crippen molar-refractivity contribution >= 4 is 6.03 Å². The molecule has 3 unspecified atom stereocenters. The standard InChI is InChI=1S/C19H28N4O2/c1-13(16-12-25-18-8-3-2-6-15(16)18)22-19(24)23-9-5-4-7-17(23)14-10-20-21-11-14/h2-3,6,8,13-14,16-17,20-21H,4-5,7,9-12H2,1H3,(H,22,24). The number of likely N-dealkylation sites (tertiary alicyclic amines) is 1. The number of hydrogen-bond donors (Lipinski definition) is 3. The number of carbonyl (C=O) groups is 1. The number of urea groups is 1. The van der Waals surface area contributed by atoms with Crippen LogP contribution in [0, 0.1) is 5.92 Å². The summed E-state index contributed by atoms with van der Waals surface area (Å²) >= 11 is 0. The van der Waals surface area contributed by atoms with E-state index >= 15 is 0 Å². The molecule has 0 radical (unpaired) electrons. The van der Waals surface area contributed by atoms with Gasteiger partial charge < -0.3 is 15.0 Å². The molecule has 2 saturated heterocycles. The number of hydrogen-bond acceptors (Lipinski definition) is 4. The van der Waals surface area contributed by atoms with Gasteiger partial charge in [-0.2, -0.15) is 0 Å². The Balaban J connectivity index is 1.42. The lowest BCUT2D eigenvalue weighted by Crippen LogP contribution is -2.54. The number of amides is 2. The number of ether oxygens (including phenoxy) is 1. The van der Waals surface area contributed by atoms with Gasteiger partial charge in [-0.1, -0.05) is 18.2 Å². The van der Waals surface area contributed by atoms with Crippen LogP contribution in [0.5, 0.6) is 5.75 Å². The Labute approximate surface area is 149 Å². The molecule has 1 aromatic rings. The lowest BCUT2D eigenvalue weighted by Gasteiger charge is -2.39. The zero-order chi connectivity index (χ0) is 17.2. The molecule has 136 valence electrons. The molecule has 3 N–H and O–H groups in total. The third kappa shape index (κ3) is 3.33. The van der Waals surface area contributed by atoms with E-state index in [1.165, 1.54) is 12.0 Å². The van der Waals surface area contributed by atoms with Crippen LogP contribution in [-0.2, 0) is 0 Å². The molecule has 0 spiro atoms. The molecule has 2 fully saturated rings. The van der Waals surface area contributed by atoms with Crippen molar-refractivity contribution in [1.29, 1.82) is 0 Å². The van der Waals surface area contributed by atoms with Crippen molar-refractivity contribution in [3.05, 3.63) is 29.8 Å². The second kappa shape index (κ2) is 7.22. The fourth-order valence-corrected chi connectivity index (χ4v) is 4.43. The second-order valence-corrected chi connectivity index (χ2v) is 7.47. The van der Waals surface area contributed by atoms with Crippen LogP contribution in [0.1, 0.15) is 37.7 Å². The molecule has 0 aromatic heterocycles. The lowest BCUT2D eigenvalue weighted by atomic mass is 9.91. The number of carbonyl (C=O) groups excluding carboxylic acids is 1. The van der Waals surface area contributed by atoms with E-state index in [9.17, 15) is 4.79 Å². The average molecular weight is 344 g/mol. The van der Waals surface area contributed by atoms with Crippen LogP contribution in [0.2, 0.25) is 0 Å². The molecule has 3 aliphatic rings. The van der Waals surface area contributed by atoms with Gasteiger partial charge in [-0.3, -0.25) is 10.9 Å². The van der Waals surface area contributed by atoms with Crippen molar-refractivity contribution in [3.63, 3.8) is 0 Å². The molecule has 1 aromatic carbocycles. The molecule has 3 aliphatic heterocycles. The Morgan fingerprint density at radius 2 is 2.08 bits per heavy atom. The number of hydrazine groups is 1. The number of fused-ring (bicyclic) bond motifs is 1. The van der Waals surface area contributed by atoms with Crippen LogP contribution in [0.25, 0.3) is 0 Å². The first kappa shape index (κ1) is 16.7. The largest absolute Gasteiger partial charge is 0.493 e. The fraction of sp³-hybridized carbons (Fsp3) is 0.632. The van der Waals surface area contributed by atoms with E-state index in [2.05, 4.69) is 34.1 Å². The molecule has 3 atom stereocenters. The monoisotopic (exact) mass is 344 g/mol. The van der Waals surface area contributed by atoms with Gasteiger partial charge in [0.15, 0.2) is 0 Å². The van der Waals surface area contributed by atoms with Gasteiger partial charge in [0.1, 0.15) is 5.75 Å². The molecule has 2 amide bonds. The van der Waals surface area contributed by atoms with E-state index in [1.807, 2.05) is 18.2 Å². The van der Waals surface area contributed by atoms with Crippen molar-refractivity contribution < 1.29 is 9.53 Å². The minimum absolute atomic E-state index is 0.0542. The summed E-state index contributed by atoms with van der Waals surface area (Å²) in [5, 5.41) is 3.25. The first-order valence-corrected chi connectivity index (χ1v) is 9.48. The van der Waals surface area contributed by atoms with Crippen molar-refractivity contribution in [3.8, 4) is 5.75 Å². The van der Waals surface area contributed by atoms with Gasteiger partial charge in [-0.15, -0.1) is 0 Å². The smallest absolute Gasteiger partial charge is 0.317 e. The summed E-state index contributed by atoms with van der Waals surface area (Å²) in [6, 6.07) is 8.60. The summed E-state index contributed by atoms with van der Waals surface area (Å²) in [4.78, 5) is 15.0. The number of nitrogens with zero attached hydrogens (tertiary/aromatic N) is 1. The van der Waals surface area contributed by atoms with Gasteiger partial charge in [0.25, 0.3) is 0 Å². The maximum atomic E-state index is 13.0. The molecule has 4 rings (SSSR count). The summed E-state index contributed by atoms with van der Waals surface area (Å²) in [5.74, 6) is 1.67. The number of nitrogens with one attached hydrogen (secondary N) is 3. The normalized spacial score (nSPS) is 27.6. The Bertz CT molecular complexity index is 617. The highest BCUT2D eigenvalue weighted by Gasteiger charge is 2.36. The topological polar surface area (TPSA) is 65.6 Å². The van der Waals surface area contributed by atoms with Gasteiger partial charge in [0.05, 0.1) is 6.61 Å². The minimum Gasteiger partial charge on any atom is -0.493 e. The third-order valence-corrected chi connectivity index (χ3v) is 5.90. The van der Waals surface area contributed by atoms with Gasteiger partial charge in [-0.25, -0.2) is 4.79 Å². The second-order valence-electron chi connectivity index (χ2n) is 7.47. The van der Waals surface area contributed by atoms with E-state index in [4.69, 9.17) is 4.74 Å². The van der Waals surface area contributed by atoms with Gasteiger partial charge in [0, 0.05) is 49.1 Å². The number of benzene rings is 1. The van der Waals surface area contributed by atoms with Gasteiger partial charge in [-0.05, 0) is 32.3 Å². The number of para-hydroxylation sites is 1. The quantitative estimate of drug-likeness (QED) is 0.783. The molecular weight excluding hydrogens is 316 g/mol. The van der Waals surface area contributed by atoms with Gasteiger partial charge >= 0.3 is 6.03 Å². The first-order chi connectivity index (χ1) is 12.2. The predicted octanol–water partition coefficient (Wildman–Crippen LogP) is 1.84. The summed E-state index contributed by atoms with van der Waals surface area (Å²) in [6.07, 6.45) is 3.41. The van der Waals surface area contributed by atoms with Crippen LogP contribution >= 0.6 is 0 Å². The number of rotatable bonds is 3. The Hall–Kier alpha value is -1.79. The average Bonchev–Trinajstić information content (AvgIpc) is 3.31. The molecule has 0 aliphatic carbocycles. The maximum absolute atomic E-state index is 13.0. The van der Waals surface area contributed by atoms with Crippen LogP contribution in [0.3, 0.4) is 0 Å². The van der Waals surface area contributed by atoms with E-state index in [1.54, 1.807) is 0 Å². The first-order valence-electron chi connectivity index (χ1n) is 9.48. The van der Waals surface area contributed by atoms with Crippen molar-refractivity contribution in [1.82, 2.24) is 21.1 Å². The van der Waals surface area contributed by atoms with Crippen molar-refractivity contribution in [2.75, 3.05) is 26.2 Å².